The first-order valence-electron chi connectivity index (χ1n) is 13.2. The number of allylic oxidation sites excluding steroid dienone is 8. The second kappa shape index (κ2) is 12.1. The van der Waals surface area contributed by atoms with Crippen molar-refractivity contribution in [2.45, 2.75) is 110 Å². The van der Waals surface area contributed by atoms with Gasteiger partial charge in [-0.05, 0) is 116 Å². The van der Waals surface area contributed by atoms with E-state index in [9.17, 15) is 0 Å². The maximum absolute atomic E-state index is 2.41. The fourth-order valence-electron chi connectivity index (χ4n) is 4.20. The Morgan fingerprint density at radius 3 is 1.50 bits per heavy atom. The van der Waals surface area contributed by atoms with Crippen LogP contribution in [-0.4, -0.2) is 0 Å². The van der Waals surface area contributed by atoms with E-state index in [1.165, 1.54) is 55.0 Å². The molecular formula is C34H52. The van der Waals surface area contributed by atoms with Gasteiger partial charge in [-0.15, -0.1) is 0 Å². The van der Waals surface area contributed by atoms with Crippen LogP contribution in [0, 0.1) is 24.7 Å². The van der Waals surface area contributed by atoms with Crippen LogP contribution in [0.5, 0.6) is 0 Å². The Bertz CT molecular complexity index is 1120. The lowest BCUT2D eigenvalue weighted by Gasteiger charge is -2.23. The molecule has 0 amide bonds. The molecule has 0 heteroatoms. The van der Waals surface area contributed by atoms with Crippen molar-refractivity contribution in [1.29, 1.82) is 0 Å². The molecule has 0 fully saturated rings. The molecule has 0 aliphatic rings. The van der Waals surface area contributed by atoms with Gasteiger partial charge in [-0.25, -0.2) is 0 Å². The van der Waals surface area contributed by atoms with E-state index in [1.807, 2.05) is 0 Å². The Morgan fingerprint density at radius 1 is 0.676 bits per heavy atom. The van der Waals surface area contributed by atoms with Crippen LogP contribution in [0.3, 0.4) is 0 Å². The highest BCUT2D eigenvalue weighted by atomic mass is 14.2. The normalized spacial score (nSPS) is 16.1. The molecule has 1 rings (SSSR count). The summed E-state index contributed by atoms with van der Waals surface area (Å²) in [6, 6.07) is 0. The summed E-state index contributed by atoms with van der Waals surface area (Å²) in [5.41, 5.74) is 11.5. The molecule has 0 atom stereocenters. The van der Waals surface area contributed by atoms with Gasteiger partial charge in [-0.2, -0.15) is 0 Å². The molecule has 0 spiro atoms. The maximum atomic E-state index is 2.41. The second-order valence-electron chi connectivity index (χ2n) is 11.6. The van der Waals surface area contributed by atoms with Gasteiger partial charge in [-0.1, -0.05) is 96.1 Å². The van der Waals surface area contributed by atoms with Gasteiger partial charge in [0.15, 0.2) is 0 Å². The molecule has 0 heterocycles. The minimum absolute atomic E-state index is 0.187. The molecule has 0 nitrogen and oxygen atoms in total. The van der Waals surface area contributed by atoms with Crippen molar-refractivity contribution >= 4 is 23.3 Å². The molecule has 34 heavy (non-hydrogen) atoms. The monoisotopic (exact) mass is 460 g/mol. The van der Waals surface area contributed by atoms with Crippen LogP contribution >= 0.6 is 0 Å². The first-order chi connectivity index (χ1) is 15.6. The molecule has 1 aromatic rings. The highest BCUT2D eigenvalue weighted by Crippen LogP contribution is 2.30. The minimum Gasteiger partial charge on any atom is -0.0791 e. The van der Waals surface area contributed by atoms with E-state index in [4.69, 9.17) is 0 Å². The third kappa shape index (κ3) is 6.97. The second-order valence-corrected chi connectivity index (χ2v) is 11.6. The molecule has 1 aromatic carbocycles. The topological polar surface area (TPSA) is 0 Å². The van der Waals surface area contributed by atoms with Crippen LogP contribution in [0.4, 0.5) is 0 Å². The zero-order valence-corrected chi connectivity index (χ0v) is 24.9. The van der Waals surface area contributed by atoms with Crippen LogP contribution in [-0.2, 0) is 0 Å². The van der Waals surface area contributed by atoms with Gasteiger partial charge in [0.25, 0.3) is 0 Å². The van der Waals surface area contributed by atoms with Crippen molar-refractivity contribution in [2.75, 3.05) is 0 Å². The molecule has 0 bridgehead atoms. The van der Waals surface area contributed by atoms with Gasteiger partial charge in [0.05, 0.1) is 0 Å². The molecule has 0 N–H and O–H groups in total. The van der Waals surface area contributed by atoms with E-state index in [-0.39, 0.29) is 10.8 Å². The Kier molecular flexibility index (Phi) is 10.6. The zero-order valence-electron chi connectivity index (χ0n) is 24.9. The van der Waals surface area contributed by atoms with Crippen LogP contribution in [0.25, 0.3) is 23.3 Å². The lowest BCUT2D eigenvalue weighted by molar-refractivity contribution is 0.429. The number of hydrogen-bond acceptors (Lipinski definition) is 0. The van der Waals surface area contributed by atoms with Gasteiger partial charge in [0.1, 0.15) is 0 Å². The van der Waals surface area contributed by atoms with Crippen LogP contribution < -0.4 is 10.4 Å². The van der Waals surface area contributed by atoms with E-state index >= 15 is 0 Å². The Balaban J connectivity index is 3.95. The van der Waals surface area contributed by atoms with Crippen molar-refractivity contribution in [3.05, 3.63) is 68.1 Å². The molecule has 0 aromatic heterocycles. The smallest absolute Gasteiger partial charge is 0.0120 e. The van der Waals surface area contributed by atoms with Crippen molar-refractivity contribution in [2.24, 2.45) is 10.8 Å². The SMILES string of the molecule is CC=c1c(C(C)=CC=C(C)C(C)(C)CC)c(C)c(C)c(C(C)=CC=C(C)C(C)(C)C)c1=CCC. The molecule has 0 saturated carbocycles. The maximum Gasteiger partial charge on any atom is -0.0120 e. The standard InChI is InChI=1S/C34H52/c1-15-18-30-29(16-2)31(23(4)20-22-26(7)34(13,14)17-3)27(8)28(9)32(30)24(5)19-21-25(6)33(10,11)12/h16,18-22H,15,17H2,1-14H3. The van der Waals surface area contributed by atoms with Gasteiger partial charge < -0.3 is 0 Å². The Labute approximate surface area is 212 Å². The van der Waals surface area contributed by atoms with E-state index in [2.05, 4.69) is 133 Å². The van der Waals surface area contributed by atoms with E-state index in [0.717, 1.165) is 12.8 Å². The largest absolute Gasteiger partial charge is 0.0791 e. The average Bonchev–Trinajstić information content (AvgIpc) is 2.76. The van der Waals surface area contributed by atoms with Crippen LogP contribution in [0.1, 0.15) is 118 Å². The molecule has 188 valence electrons. The molecule has 0 aliphatic heterocycles. The third-order valence-electron chi connectivity index (χ3n) is 7.93. The lowest BCUT2D eigenvalue weighted by atomic mass is 9.82. The van der Waals surface area contributed by atoms with Gasteiger partial charge in [-0.3, -0.25) is 0 Å². The highest BCUT2D eigenvalue weighted by molar-refractivity contribution is 5.77. The van der Waals surface area contributed by atoms with Crippen LogP contribution in [0.2, 0.25) is 0 Å². The van der Waals surface area contributed by atoms with Crippen molar-refractivity contribution in [1.82, 2.24) is 0 Å². The first kappa shape index (κ1) is 30.0. The summed E-state index contributed by atoms with van der Waals surface area (Å²) in [6.45, 7) is 31.8. The van der Waals surface area contributed by atoms with Gasteiger partial charge >= 0.3 is 0 Å². The van der Waals surface area contributed by atoms with Crippen molar-refractivity contribution in [3.8, 4) is 0 Å². The molecule has 0 unspecified atom stereocenters. The third-order valence-corrected chi connectivity index (χ3v) is 7.93. The quantitative estimate of drug-likeness (QED) is 0.355. The fourth-order valence-corrected chi connectivity index (χ4v) is 4.20. The molecule has 0 aliphatic carbocycles. The molecule has 0 radical (unpaired) electrons. The summed E-state index contributed by atoms with van der Waals surface area (Å²) in [5.74, 6) is 0. The number of hydrogen-bond donors (Lipinski definition) is 0. The van der Waals surface area contributed by atoms with Gasteiger partial charge in [0.2, 0.25) is 0 Å². The van der Waals surface area contributed by atoms with E-state index in [1.54, 1.807) is 0 Å². The molecular weight excluding hydrogens is 408 g/mol. The van der Waals surface area contributed by atoms with Crippen molar-refractivity contribution < 1.29 is 0 Å². The summed E-state index contributed by atoms with van der Waals surface area (Å²) in [7, 11) is 0. The van der Waals surface area contributed by atoms with E-state index in [0.29, 0.717) is 0 Å². The minimum atomic E-state index is 0.187. The molecule has 0 saturated heterocycles. The summed E-state index contributed by atoms with van der Waals surface area (Å²) in [5, 5.41) is 2.74. The lowest BCUT2D eigenvalue weighted by Crippen LogP contribution is -2.33. The average molecular weight is 461 g/mol. The predicted molar refractivity (Wildman–Crippen MR) is 158 cm³/mol. The summed E-state index contributed by atoms with van der Waals surface area (Å²) in [4.78, 5) is 0. The summed E-state index contributed by atoms with van der Waals surface area (Å²) >= 11 is 0. The van der Waals surface area contributed by atoms with Gasteiger partial charge in [0, 0.05) is 0 Å². The number of benzene rings is 1. The predicted octanol–water partition coefficient (Wildman–Crippen LogP) is 9.48. The summed E-state index contributed by atoms with van der Waals surface area (Å²) in [6.07, 6.45) is 16.2. The highest BCUT2D eigenvalue weighted by Gasteiger charge is 2.17. The summed E-state index contributed by atoms with van der Waals surface area (Å²) < 4.78 is 0. The Hall–Kier alpha value is -2.08. The fraction of sp³-hybridized carbons (Fsp3) is 0.529. The van der Waals surface area contributed by atoms with Crippen LogP contribution in [0.15, 0.2) is 35.5 Å². The Morgan fingerprint density at radius 2 is 1.12 bits per heavy atom. The number of rotatable bonds is 7. The van der Waals surface area contributed by atoms with Crippen molar-refractivity contribution in [3.63, 3.8) is 0 Å². The zero-order chi connectivity index (χ0) is 26.4. The first-order valence-corrected chi connectivity index (χ1v) is 13.2. The van der Waals surface area contributed by atoms with E-state index < -0.39 is 0 Å².